The van der Waals surface area contributed by atoms with E-state index >= 15 is 0 Å². The Morgan fingerprint density at radius 2 is 1.92 bits per heavy atom. The number of carbonyl (C=O) groups is 1. The number of nitrogens with one attached hydrogen (secondary N) is 2. The van der Waals surface area contributed by atoms with Gasteiger partial charge in [-0.15, -0.1) is 24.0 Å². The quantitative estimate of drug-likeness (QED) is 0.327. The summed E-state index contributed by atoms with van der Waals surface area (Å²) in [5, 5.41) is 6.20. The predicted molar refractivity (Wildman–Crippen MR) is 118 cm³/mol. The summed E-state index contributed by atoms with van der Waals surface area (Å²) in [6.07, 6.45) is 1.37. The second-order valence-electron chi connectivity index (χ2n) is 6.03. The Kier molecular flexibility index (Phi) is 12.9. The van der Waals surface area contributed by atoms with Crippen molar-refractivity contribution < 1.29 is 9.53 Å². The first-order chi connectivity index (χ1) is 12.0. The third-order valence-electron chi connectivity index (χ3n) is 3.88. The van der Waals surface area contributed by atoms with Crippen LogP contribution in [0.4, 0.5) is 0 Å². The van der Waals surface area contributed by atoms with Crippen molar-refractivity contribution in [1.82, 2.24) is 15.5 Å². The van der Waals surface area contributed by atoms with Gasteiger partial charge in [0.1, 0.15) is 5.75 Å². The van der Waals surface area contributed by atoms with Crippen LogP contribution >= 0.6 is 24.0 Å². The average molecular weight is 476 g/mol. The molecule has 0 aliphatic carbocycles. The molecule has 2 N–H and O–H groups in total. The molecule has 0 saturated carbocycles. The molecular formula is C19H33IN4O2. The van der Waals surface area contributed by atoms with Gasteiger partial charge in [0.15, 0.2) is 5.96 Å². The number of hydrogen-bond donors (Lipinski definition) is 2. The van der Waals surface area contributed by atoms with Crippen molar-refractivity contribution in [3.63, 3.8) is 0 Å². The normalized spacial score (nSPS) is 12.0. The summed E-state index contributed by atoms with van der Waals surface area (Å²) in [7, 11) is 3.72. The molecule has 7 heteroatoms. The van der Waals surface area contributed by atoms with Crippen LogP contribution in [0.1, 0.15) is 39.2 Å². The molecule has 0 fully saturated rings. The Balaban J connectivity index is 0.00000625. The highest BCUT2D eigenvalue weighted by molar-refractivity contribution is 14.0. The first kappa shape index (κ1) is 24.5. The Morgan fingerprint density at radius 1 is 1.27 bits per heavy atom. The molecule has 0 radical (unpaired) electrons. The van der Waals surface area contributed by atoms with Gasteiger partial charge in [-0.2, -0.15) is 0 Å². The van der Waals surface area contributed by atoms with E-state index in [0.29, 0.717) is 19.6 Å². The first-order valence-corrected chi connectivity index (χ1v) is 8.93. The molecule has 1 rings (SSSR count). The highest BCUT2D eigenvalue weighted by atomic mass is 127. The van der Waals surface area contributed by atoms with E-state index < -0.39 is 0 Å². The van der Waals surface area contributed by atoms with Crippen molar-refractivity contribution in [2.45, 2.75) is 46.2 Å². The van der Waals surface area contributed by atoms with Gasteiger partial charge in [-0.05, 0) is 38.0 Å². The molecule has 0 aliphatic heterocycles. The molecule has 26 heavy (non-hydrogen) atoms. The lowest BCUT2D eigenvalue weighted by Crippen LogP contribution is -2.41. The summed E-state index contributed by atoms with van der Waals surface area (Å²) in [6, 6.07) is 8.27. The molecule has 6 nitrogen and oxygen atoms in total. The van der Waals surface area contributed by atoms with Crippen LogP contribution < -0.4 is 15.4 Å². The van der Waals surface area contributed by atoms with Crippen molar-refractivity contribution in [3.8, 4) is 5.75 Å². The van der Waals surface area contributed by atoms with Crippen molar-refractivity contribution in [2.75, 3.05) is 27.2 Å². The fourth-order valence-corrected chi connectivity index (χ4v) is 2.33. The second-order valence-corrected chi connectivity index (χ2v) is 6.03. The molecule has 1 amide bonds. The Labute approximate surface area is 174 Å². The molecule has 1 unspecified atom stereocenters. The van der Waals surface area contributed by atoms with Gasteiger partial charge < -0.3 is 20.3 Å². The van der Waals surface area contributed by atoms with Crippen LogP contribution in [0.25, 0.3) is 0 Å². The fraction of sp³-hybridized carbons (Fsp3) is 0.579. The van der Waals surface area contributed by atoms with E-state index in [0.717, 1.165) is 24.7 Å². The van der Waals surface area contributed by atoms with E-state index in [9.17, 15) is 4.79 Å². The number of hydrogen-bond acceptors (Lipinski definition) is 3. The van der Waals surface area contributed by atoms with E-state index in [2.05, 4.69) is 22.5 Å². The number of amides is 1. The Bertz CT molecular complexity index is 549. The molecule has 0 aliphatic rings. The summed E-state index contributed by atoms with van der Waals surface area (Å²) in [5.74, 6) is 1.71. The van der Waals surface area contributed by atoms with Crippen LogP contribution in [0, 0.1) is 0 Å². The minimum absolute atomic E-state index is 0. The van der Waals surface area contributed by atoms with Gasteiger partial charge in [-0.1, -0.05) is 19.1 Å². The SMILES string of the molecule is CCOc1ccc(CN(C)C(=NC)NCCC(=O)NC(C)CC)cc1.I. The summed E-state index contributed by atoms with van der Waals surface area (Å²) >= 11 is 0. The molecule has 0 saturated heterocycles. The molecule has 0 heterocycles. The highest BCUT2D eigenvalue weighted by Crippen LogP contribution is 2.13. The van der Waals surface area contributed by atoms with E-state index in [1.165, 1.54) is 5.56 Å². The molecular weight excluding hydrogens is 443 g/mol. The third kappa shape index (κ3) is 9.26. The maximum Gasteiger partial charge on any atom is 0.221 e. The Hall–Kier alpha value is -1.51. The molecule has 1 aromatic rings. The van der Waals surface area contributed by atoms with Gasteiger partial charge >= 0.3 is 0 Å². The lowest BCUT2D eigenvalue weighted by Gasteiger charge is -2.22. The molecule has 0 bridgehead atoms. The van der Waals surface area contributed by atoms with Crippen LogP contribution in [0.15, 0.2) is 29.3 Å². The van der Waals surface area contributed by atoms with E-state index in [1.54, 1.807) is 7.05 Å². The van der Waals surface area contributed by atoms with Gasteiger partial charge in [0.25, 0.3) is 0 Å². The zero-order valence-corrected chi connectivity index (χ0v) is 18.9. The van der Waals surface area contributed by atoms with Gasteiger partial charge in [0.2, 0.25) is 5.91 Å². The van der Waals surface area contributed by atoms with Crippen molar-refractivity contribution in [3.05, 3.63) is 29.8 Å². The molecule has 0 spiro atoms. The second kappa shape index (κ2) is 13.7. The van der Waals surface area contributed by atoms with Gasteiger partial charge in [-0.25, -0.2) is 0 Å². The van der Waals surface area contributed by atoms with Crippen LogP contribution in [-0.4, -0.2) is 50.1 Å². The maximum absolute atomic E-state index is 11.8. The zero-order chi connectivity index (χ0) is 18.7. The number of guanidine groups is 1. The van der Waals surface area contributed by atoms with Crippen molar-refractivity contribution in [2.24, 2.45) is 4.99 Å². The summed E-state index contributed by atoms with van der Waals surface area (Å²) in [6.45, 7) is 7.99. The number of carbonyl (C=O) groups excluding carboxylic acids is 1. The summed E-state index contributed by atoms with van der Waals surface area (Å²) in [4.78, 5) is 18.1. The minimum atomic E-state index is 0. The fourth-order valence-electron chi connectivity index (χ4n) is 2.33. The topological polar surface area (TPSA) is 66.0 Å². The lowest BCUT2D eigenvalue weighted by atomic mass is 10.2. The summed E-state index contributed by atoms with van der Waals surface area (Å²) in [5.41, 5.74) is 1.17. The van der Waals surface area contributed by atoms with Crippen LogP contribution in [-0.2, 0) is 11.3 Å². The van der Waals surface area contributed by atoms with Crippen molar-refractivity contribution in [1.29, 1.82) is 0 Å². The maximum atomic E-state index is 11.8. The van der Waals surface area contributed by atoms with Crippen molar-refractivity contribution >= 4 is 35.8 Å². The smallest absolute Gasteiger partial charge is 0.221 e. The number of ether oxygens (including phenoxy) is 1. The van der Waals surface area contributed by atoms with Gasteiger partial charge in [0, 0.05) is 39.6 Å². The average Bonchev–Trinajstić information content (AvgIpc) is 2.60. The molecule has 0 aromatic heterocycles. The molecule has 1 atom stereocenters. The van der Waals surface area contributed by atoms with Gasteiger partial charge in [-0.3, -0.25) is 9.79 Å². The van der Waals surface area contributed by atoms with Gasteiger partial charge in [0.05, 0.1) is 6.61 Å². The van der Waals surface area contributed by atoms with Crippen LogP contribution in [0.5, 0.6) is 5.75 Å². The number of rotatable bonds is 9. The number of benzene rings is 1. The van der Waals surface area contributed by atoms with E-state index in [1.807, 2.05) is 50.1 Å². The van der Waals surface area contributed by atoms with E-state index in [-0.39, 0.29) is 35.9 Å². The monoisotopic (exact) mass is 476 g/mol. The standard InChI is InChI=1S/C19H32N4O2.HI/c1-6-15(3)22-18(24)12-13-21-19(20-4)23(5)14-16-8-10-17(11-9-16)25-7-2;/h8-11,15H,6-7,12-14H2,1-5H3,(H,20,21)(H,22,24);1H. The minimum Gasteiger partial charge on any atom is -0.494 e. The molecule has 1 aromatic carbocycles. The lowest BCUT2D eigenvalue weighted by molar-refractivity contribution is -0.121. The van der Waals surface area contributed by atoms with E-state index in [4.69, 9.17) is 4.74 Å². The van der Waals surface area contributed by atoms with Crippen LogP contribution in [0.2, 0.25) is 0 Å². The number of aliphatic imine (C=N–C) groups is 1. The highest BCUT2D eigenvalue weighted by Gasteiger charge is 2.09. The summed E-state index contributed by atoms with van der Waals surface area (Å²) < 4.78 is 5.46. The Morgan fingerprint density at radius 3 is 2.46 bits per heavy atom. The third-order valence-corrected chi connectivity index (χ3v) is 3.88. The largest absolute Gasteiger partial charge is 0.494 e. The first-order valence-electron chi connectivity index (χ1n) is 8.93. The molecule has 148 valence electrons. The van der Waals surface area contributed by atoms with Crippen LogP contribution in [0.3, 0.4) is 0 Å². The zero-order valence-electron chi connectivity index (χ0n) is 16.5. The number of halogens is 1. The predicted octanol–water partition coefficient (Wildman–Crippen LogP) is 3.02. The number of nitrogens with zero attached hydrogens (tertiary/aromatic N) is 2.